The highest BCUT2D eigenvalue weighted by Crippen LogP contribution is 2.26. The van der Waals surface area contributed by atoms with Crippen LogP contribution < -0.4 is 5.56 Å². The lowest BCUT2D eigenvalue weighted by atomic mass is 10.0. The number of nitrogens with zero attached hydrogens (tertiary/aromatic N) is 2. The van der Waals surface area contributed by atoms with Gasteiger partial charge in [-0.25, -0.2) is 4.79 Å². The Morgan fingerprint density at radius 2 is 1.76 bits per heavy atom. The van der Waals surface area contributed by atoms with Crippen LogP contribution in [-0.2, 0) is 4.74 Å². The number of pyridine rings is 2. The molecule has 2 amide bonds. The van der Waals surface area contributed by atoms with Crippen LogP contribution in [0.3, 0.4) is 0 Å². The number of amides is 2. The first-order valence-electron chi connectivity index (χ1n) is 6.07. The zero-order chi connectivity index (χ0) is 15.3. The fourth-order valence-electron chi connectivity index (χ4n) is 2.45. The lowest BCUT2D eigenvalue weighted by Gasteiger charge is -2.09. The standard InChI is InChI=1S/C14H10N2O5/c1-15-11(17)9-8(14(20)21-2)7-5-3-4-6-16(7)13(19)10(9)12(15)18/h3-6H,1-2H3. The minimum Gasteiger partial charge on any atom is -0.465 e. The SMILES string of the molecule is COC(=O)c1c2c(c(=O)n3ccccc13)C(=O)N(C)C2=O. The average Bonchev–Trinajstić information content (AvgIpc) is 2.72. The molecule has 1 aliphatic heterocycles. The molecule has 0 aliphatic carbocycles. The van der Waals surface area contributed by atoms with Crippen molar-refractivity contribution in [3.05, 3.63) is 51.4 Å². The van der Waals surface area contributed by atoms with Gasteiger partial charge in [-0.05, 0) is 12.1 Å². The summed E-state index contributed by atoms with van der Waals surface area (Å²) in [6, 6.07) is 4.73. The first-order valence-corrected chi connectivity index (χ1v) is 6.07. The van der Waals surface area contributed by atoms with Gasteiger partial charge in [0.2, 0.25) is 0 Å². The van der Waals surface area contributed by atoms with Crippen molar-refractivity contribution in [3.63, 3.8) is 0 Å². The number of carbonyl (C=O) groups excluding carboxylic acids is 3. The van der Waals surface area contributed by atoms with Gasteiger partial charge in [-0.15, -0.1) is 0 Å². The summed E-state index contributed by atoms with van der Waals surface area (Å²) in [5.41, 5.74) is -0.965. The van der Waals surface area contributed by atoms with Crippen LogP contribution in [0.15, 0.2) is 29.2 Å². The molecular formula is C14H10N2O5. The Balaban J connectivity index is 2.59. The van der Waals surface area contributed by atoms with Crippen LogP contribution in [-0.4, -0.2) is 41.2 Å². The lowest BCUT2D eigenvalue weighted by molar-refractivity contribution is 0.0592. The van der Waals surface area contributed by atoms with Crippen LogP contribution in [0, 0.1) is 0 Å². The van der Waals surface area contributed by atoms with E-state index in [4.69, 9.17) is 4.74 Å². The average molecular weight is 286 g/mol. The second kappa shape index (κ2) is 4.27. The number of imide groups is 1. The number of carbonyl (C=O) groups is 3. The van der Waals surface area contributed by atoms with Gasteiger partial charge in [-0.1, -0.05) is 6.07 Å². The number of ether oxygens (including phenoxy) is 1. The van der Waals surface area contributed by atoms with Crippen LogP contribution in [0.1, 0.15) is 31.1 Å². The number of esters is 1. The van der Waals surface area contributed by atoms with E-state index in [0.29, 0.717) is 0 Å². The molecule has 0 bridgehead atoms. The van der Waals surface area contributed by atoms with Crippen molar-refractivity contribution in [2.75, 3.05) is 14.2 Å². The van der Waals surface area contributed by atoms with E-state index in [1.165, 1.54) is 26.4 Å². The summed E-state index contributed by atoms with van der Waals surface area (Å²) in [6.07, 6.45) is 1.43. The van der Waals surface area contributed by atoms with Crippen molar-refractivity contribution < 1.29 is 19.1 Å². The molecule has 1 aliphatic rings. The molecule has 0 spiro atoms. The van der Waals surface area contributed by atoms with E-state index < -0.39 is 23.3 Å². The number of aromatic nitrogens is 1. The van der Waals surface area contributed by atoms with Gasteiger partial charge in [0, 0.05) is 13.2 Å². The van der Waals surface area contributed by atoms with Gasteiger partial charge in [0.1, 0.15) is 5.56 Å². The number of hydrogen-bond acceptors (Lipinski definition) is 5. The summed E-state index contributed by atoms with van der Waals surface area (Å²) < 4.78 is 5.85. The topological polar surface area (TPSA) is 85.2 Å². The van der Waals surface area contributed by atoms with Crippen molar-refractivity contribution in [1.82, 2.24) is 9.30 Å². The first kappa shape index (κ1) is 13.0. The molecule has 0 atom stereocenters. The molecule has 7 nitrogen and oxygen atoms in total. The Labute approximate surface area is 118 Å². The number of rotatable bonds is 1. The monoisotopic (exact) mass is 286 g/mol. The van der Waals surface area contributed by atoms with Crippen molar-refractivity contribution in [3.8, 4) is 0 Å². The molecule has 7 heteroatoms. The Bertz CT molecular complexity index is 881. The van der Waals surface area contributed by atoms with Crippen molar-refractivity contribution >= 4 is 23.3 Å². The Morgan fingerprint density at radius 3 is 2.43 bits per heavy atom. The summed E-state index contributed by atoms with van der Waals surface area (Å²) in [5.74, 6) is -2.17. The van der Waals surface area contributed by atoms with E-state index in [-0.39, 0.29) is 22.2 Å². The molecule has 0 unspecified atom stereocenters. The Hall–Kier alpha value is -2.96. The zero-order valence-electron chi connectivity index (χ0n) is 11.2. The normalized spacial score (nSPS) is 13.7. The lowest BCUT2D eigenvalue weighted by Crippen LogP contribution is -2.27. The number of methoxy groups -OCH3 is 1. The minimum absolute atomic E-state index is 0.0737. The molecule has 0 radical (unpaired) electrons. The zero-order valence-corrected chi connectivity index (χ0v) is 11.2. The molecule has 106 valence electrons. The molecule has 0 N–H and O–H groups in total. The molecule has 21 heavy (non-hydrogen) atoms. The highest BCUT2D eigenvalue weighted by Gasteiger charge is 2.40. The predicted molar refractivity (Wildman–Crippen MR) is 71.4 cm³/mol. The second-order valence-electron chi connectivity index (χ2n) is 4.55. The predicted octanol–water partition coefficient (Wildman–Crippen LogP) is 0.312. The van der Waals surface area contributed by atoms with E-state index in [1.807, 2.05) is 0 Å². The molecule has 0 fully saturated rings. The van der Waals surface area contributed by atoms with Crippen LogP contribution in [0.25, 0.3) is 5.52 Å². The second-order valence-corrected chi connectivity index (χ2v) is 4.55. The van der Waals surface area contributed by atoms with Crippen LogP contribution in [0.2, 0.25) is 0 Å². The maximum Gasteiger partial charge on any atom is 0.340 e. The van der Waals surface area contributed by atoms with Gasteiger partial charge in [0.25, 0.3) is 17.4 Å². The number of fused-ring (bicyclic) bond motifs is 2. The van der Waals surface area contributed by atoms with E-state index in [2.05, 4.69) is 0 Å². The maximum atomic E-state index is 12.4. The number of hydrogen-bond donors (Lipinski definition) is 0. The van der Waals surface area contributed by atoms with E-state index in [1.54, 1.807) is 12.1 Å². The quantitative estimate of drug-likeness (QED) is 0.556. The molecular weight excluding hydrogens is 276 g/mol. The summed E-state index contributed by atoms with van der Waals surface area (Å²) >= 11 is 0. The van der Waals surface area contributed by atoms with Gasteiger partial charge >= 0.3 is 5.97 Å². The summed E-state index contributed by atoms with van der Waals surface area (Å²) in [4.78, 5) is 49.5. The molecule has 2 aromatic rings. The third-order valence-electron chi connectivity index (χ3n) is 3.48. The van der Waals surface area contributed by atoms with E-state index in [9.17, 15) is 19.2 Å². The van der Waals surface area contributed by atoms with Crippen LogP contribution >= 0.6 is 0 Å². The highest BCUT2D eigenvalue weighted by atomic mass is 16.5. The molecule has 3 rings (SSSR count). The van der Waals surface area contributed by atoms with Gasteiger partial charge in [0.05, 0.1) is 23.8 Å². The largest absolute Gasteiger partial charge is 0.465 e. The molecule has 2 aromatic heterocycles. The summed E-state index contributed by atoms with van der Waals surface area (Å²) in [6.45, 7) is 0. The van der Waals surface area contributed by atoms with Crippen molar-refractivity contribution in [2.24, 2.45) is 0 Å². The smallest absolute Gasteiger partial charge is 0.340 e. The minimum atomic E-state index is -0.772. The summed E-state index contributed by atoms with van der Waals surface area (Å²) in [7, 11) is 2.44. The molecule has 0 aromatic carbocycles. The maximum absolute atomic E-state index is 12.4. The van der Waals surface area contributed by atoms with E-state index in [0.717, 1.165) is 9.30 Å². The van der Waals surface area contributed by atoms with Crippen molar-refractivity contribution in [2.45, 2.75) is 0 Å². The fourth-order valence-corrected chi connectivity index (χ4v) is 2.45. The van der Waals surface area contributed by atoms with Gasteiger partial charge in [0.15, 0.2) is 0 Å². The fraction of sp³-hybridized carbons (Fsp3) is 0.143. The Kier molecular flexibility index (Phi) is 2.65. The highest BCUT2D eigenvalue weighted by molar-refractivity contribution is 6.25. The Morgan fingerprint density at radius 1 is 1.10 bits per heavy atom. The van der Waals surface area contributed by atoms with Gasteiger partial charge in [-0.2, -0.15) is 0 Å². The molecule has 3 heterocycles. The van der Waals surface area contributed by atoms with Crippen LogP contribution in [0.4, 0.5) is 0 Å². The van der Waals surface area contributed by atoms with Gasteiger partial charge < -0.3 is 4.74 Å². The van der Waals surface area contributed by atoms with Crippen LogP contribution in [0.5, 0.6) is 0 Å². The molecule has 0 saturated carbocycles. The third-order valence-corrected chi connectivity index (χ3v) is 3.48. The third kappa shape index (κ3) is 1.54. The van der Waals surface area contributed by atoms with E-state index >= 15 is 0 Å². The van der Waals surface area contributed by atoms with Crippen molar-refractivity contribution in [1.29, 1.82) is 0 Å². The molecule has 0 saturated heterocycles. The van der Waals surface area contributed by atoms with Gasteiger partial charge in [-0.3, -0.25) is 23.7 Å². The summed E-state index contributed by atoms with van der Waals surface area (Å²) in [5, 5.41) is 0. The first-order chi connectivity index (χ1) is 9.99.